The number of nitrogens with one attached hydrogen (secondary N) is 1. The first-order valence-corrected chi connectivity index (χ1v) is 8.19. The maximum absolute atomic E-state index is 13.9. The third-order valence-electron chi connectivity index (χ3n) is 4.37. The van der Waals surface area contributed by atoms with Gasteiger partial charge in [0.2, 0.25) is 5.91 Å². The predicted molar refractivity (Wildman–Crippen MR) is 87.7 cm³/mol. The molecule has 0 bridgehead atoms. The second-order valence-corrected chi connectivity index (χ2v) is 5.97. The maximum atomic E-state index is 13.9. The summed E-state index contributed by atoms with van der Waals surface area (Å²) in [5.41, 5.74) is 0.114. The minimum Gasteiger partial charge on any atom is -0.383 e. The van der Waals surface area contributed by atoms with Crippen molar-refractivity contribution in [1.82, 2.24) is 15.1 Å². The summed E-state index contributed by atoms with van der Waals surface area (Å²) in [6.07, 6.45) is 0. The Hall–Kier alpha value is -1.57. The Kier molecular flexibility index (Phi) is 7.08. The summed E-state index contributed by atoms with van der Waals surface area (Å²) >= 11 is 0. The van der Waals surface area contributed by atoms with Gasteiger partial charge in [-0.05, 0) is 19.1 Å². The summed E-state index contributed by atoms with van der Waals surface area (Å²) in [5, 5.41) is 2.79. The summed E-state index contributed by atoms with van der Waals surface area (Å²) in [6.45, 7) is 5.86. The van der Waals surface area contributed by atoms with Crippen LogP contribution in [0, 0.1) is 11.6 Å². The Morgan fingerprint density at radius 3 is 2.46 bits per heavy atom. The zero-order chi connectivity index (χ0) is 17.5. The molecule has 1 atom stereocenters. The van der Waals surface area contributed by atoms with Crippen molar-refractivity contribution in [2.45, 2.75) is 13.0 Å². The van der Waals surface area contributed by atoms with Gasteiger partial charge in [-0.3, -0.25) is 14.6 Å². The molecule has 1 fully saturated rings. The maximum Gasteiger partial charge on any atom is 0.234 e. The van der Waals surface area contributed by atoms with E-state index in [0.29, 0.717) is 45.9 Å². The molecular weight excluding hydrogens is 316 g/mol. The quantitative estimate of drug-likeness (QED) is 0.762. The topological polar surface area (TPSA) is 44.8 Å². The van der Waals surface area contributed by atoms with Crippen LogP contribution < -0.4 is 5.32 Å². The number of benzene rings is 1. The Labute approximate surface area is 141 Å². The molecule has 5 nitrogen and oxygen atoms in total. The Morgan fingerprint density at radius 2 is 1.88 bits per heavy atom. The van der Waals surface area contributed by atoms with Crippen molar-refractivity contribution in [3.05, 3.63) is 35.4 Å². The van der Waals surface area contributed by atoms with Crippen LogP contribution in [-0.4, -0.2) is 68.7 Å². The molecule has 1 aliphatic rings. The zero-order valence-electron chi connectivity index (χ0n) is 14.2. The largest absolute Gasteiger partial charge is 0.383 e. The van der Waals surface area contributed by atoms with E-state index in [0.717, 1.165) is 0 Å². The van der Waals surface area contributed by atoms with Crippen molar-refractivity contribution in [1.29, 1.82) is 0 Å². The summed E-state index contributed by atoms with van der Waals surface area (Å²) in [4.78, 5) is 15.9. The van der Waals surface area contributed by atoms with Gasteiger partial charge in [-0.1, -0.05) is 6.07 Å². The van der Waals surface area contributed by atoms with E-state index in [2.05, 4.69) is 5.32 Å². The zero-order valence-corrected chi connectivity index (χ0v) is 14.2. The molecule has 1 saturated heterocycles. The number of hydrogen-bond acceptors (Lipinski definition) is 4. The van der Waals surface area contributed by atoms with Gasteiger partial charge in [0, 0.05) is 51.4 Å². The molecule has 0 aliphatic carbocycles. The third-order valence-corrected chi connectivity index (χ3v) is 4.37. The van der Waals surface area contributed by atoms with E-state index in [9.17, 15) is 13.6 Å². The standard InChI is InChI=1S/C17H25F2N3O2/c1-13(17-14(18)4-3-5-15(17)19)22-9-7-21(8-10-22)12-16(23)20-6-11-24-2/h3-5,13H,6-12H2,1-2H3,(H,20,23). The van der Waals surface area contributed by atoms with Crippen LogP contribution in [0.1, 0.15) is 18.5 Å². The lowest BCUT2D eigenvalue weighted by atomic mass is 10.0. The second kappa shape index (κ2) is 9.05. The van der Waals surface area contributed by atoms with E-state index in [1.165, 1.54) is 18.2 Å². The summed E-state index contributed by atoms with van der Waals surface area (Å²) < 4.78 is 32.7. The molecule has 2 rings (SSSR count). The van der Waals surface area contributed by atoms with Crippen LogP contribution in [0.5, 0.6) is 0 Å². The first kappa shape index (κ1) is 18.8. The van der Waals surface area contributed by atoms with E-state index >= 15 is 0 Å². The van der Waals surface area contributed by atoms with Crippen LogP contribution in [-0.2, 0) is 9.53 Å². The lowest BCUT2D eigenvalue weighted by molar-refractivity contribution is -0.122. The van der Waals surface area contributed by atoms with Crippen LogP contribution in [0.3, 0.4) is 0 Å². The van der Waals surface area contributed by atoms with Crippen LogP contribution >= 0.6 is 0 Å². The molecule has 1 N–H and O–H groups in total. The number of rotatable bonds is 7. The molecule has 1 amide bonds. The van der Waals surface area contributed by atoms with Gasteiger partial charge in [-0.2, -0.15) is 0 Å². The van der Waals surface area contributed by atoms with Gasteiger partial charge in [-0.25, -0.2) is 8.78 Å². The molecule has 0 radical (unpaired) electrons. The van der Waals surface area contributed by atoms with Crippen molar-refractivity contribution in [3.63, 3.8) is 0 Å². The molecule has 7 heteroatoms. The number of ether oxygens (including phenoxy) is 1. The fourth-order valence-electron chi connectivity index (χ4n) is 2.95. The van der Waals surface area contributed by atoms with E-state index in [1.807, 2.05) is 16.7 Å². The Bertz CT molecular complexity index is 528. The molecule has 0 aromatic heterocycles. The van der Waals surface area contributed by atoms with E-state index in [4.69, 9.17) is 4.74 Å². The van der Waals surface area contributed by atoms with E-state index in [1.54, 1.807) is 7.11 Å². The fourth-order valence-corrected chi connectivity index (χ4v) is 2.95. The van der Waals surface area contributed by atoms with Gasteiger partial charge in [0.25, 0.3) is 0 Å². The molecule has 0 saturated carbocycles. The normalized spacial score (nSPS) is 17.7. The number of amides is 1. The highest BCUT2D eigenvalue weighted by Crippen LogP contribution is 2.26. The number of hydrogen-bond donors (Lipinski definition) is 1. The molecule has 1 aromatic rings. The number of carbonyl (C=O) groups excluding carboxylic acids is 1. The number of piperazine rings is 1. The Balaban J connectivity index is 1.83. The molecule has 1 aliphatic heterocycles. The van der Waals surface area contributed by atoms with Crippen LogP contribution in [0.15, 0.2) is 18.2 Å². The van der Waals surface area contributed by atoms with Crippen LogP contribution in [0.4, 0.5) is 8.78 Å². The number of carbonyl (C=O) groups is 1. The summed E-state index contributed by atoms with van der Waals surface area (Å²) in [6, 6.07) is 3.62. The monoisotopic (exact) mass is 341 g/mol. The van der Waals surface area contributed by atoms with Crippen molar-refractivity contribution >= 4 is 5.91 Å². The SMILES string of the molecule is COCCNC(=O)CN1CCN(C(C)c2c(F)cccc2F)CC1. The smallest absolute Gasteiger partial charge is 0.234 e. The average molecular weight is 341 g/mol. The van der Waals surface area contributed by atoms with Gasteiger partial charge in [0.1, 0.15) is 11.6 Å². The number of nitrogens with zero attached hydrogens (tertiary/aromatic N) is 2. The first-order chi connectivity index (χ1) is 11.5. The lowest BCUT2D eigenvalue weighted by Gasteiger charge is -2.38. The number of methoxy groups -OCH3 is 1. The first-order valence-electron chi connectivity index (χ1n) is 8.19. The molecular formula is C17H25F2N3O2. The molecule has 24 heavy (non-hydrogen) atoms. The van der Waals surface area contributed by atoms with Crippen molar-refractivity contribution in [2.75, 3.05) is 53.0 Å². The van der Waals surface area contributed by atoms with Crippen LogP contribution in [0.2, 0.25) is 0 Å². The van der Waals surface area contributed by atoms with Crippen molar-refractivity contribution in [2.24, 2.45) is 0 Å². The predicted octanol–water partition coefficient (Wildman–Crippen LogP) is 1.41. The minimum atomic E-state index is -0.512. The van der Waals surface area contributed by atoms with Crippen molar-refractivity contribution in [3.8, 4) is 0 Å². The summed E-state index contributed by atoms with van der Waals surface area (Å²) in [5.74, 6) is -1.06. The fraction of sp³-hybridized carbons (Fsp3) is 0.588. The third kappa shape index (κ3) is 4.96. The lowest BCUT2D eigenvalue weighted by Crippen LogP contribution is -2.50. The highest BCUT2D eigenvalue weighted by molar-refractivity contribution is 5.78. The molecule has 1 aromatic carbocycles. The van der Waals surface area contributed by atoms with Gasteiger partial charge in [0.05, 0.1) is 13.2 Å². The van der Waals surface area contributed by atoms with Gasteiger partial charge in [-0.15, -0.1) is 0 Å². The molecule has 0 spiro atoms. The molecule has 1 unspecified atom stereocenters. The highest BCUT2D eigenvalue weighted by atomic mass is 19.1. The molecule has 1 heterocycles. The van der Waals surface area contributed by atoms with E-state index < -0.39 is 11.6 Å². The molecule has 134 valence electrons. The van der Waals surface area contributed by atoms with Crippen molar-refractivity contribution < 1.29 is 18.3 Å². The van der Waals surface area contributed by atoms with Gasteiger partial charge < -0.3 is 10.1 Å². The van der Waals surface area contributed by atoms with E-state index in [-0.39, 0.29) is 17.5 Å². The second-order valence-electron chi connectivity index (χ2n) is 5.97. The van der Waals surface area contributed by atoms with Gasteiger partial charge >= 0.3 is 0 Å². The Morgan fingerprint density at radius 1 is 1.25 bits per heavy atom. The van der Waals surface area contributed by atoms with Gasteiger partial charge in [0.15, 0.2) is 0 Å². The average Bonchev–Trinajstić information content (AvgIpc) is 2.55. The van der Waals surface area contributed by atoms with Crippen LogP contribution in [0.25, 0.3) is 0 Å². The summed E-state index contributed by atoms with van der Waals surface area (Å²) in [7, 11) is 1.59. The minimum absolute atomic E-state index is 0.0336. The number of halogens is 2. The highest BCUT2D eigenvalue weighted by Gasteiger charge is 2.26.